The van der Waals surface area contributed by atoms with Crippen LogP contribution in [0.5, 0.6) is 0 Å². The van der Waals surface area contributed by atoms with Gasteiger partial charge in [0.2, 0.25) is 5.91 Å². The Kier molecular flexibility index (Phi) is 4.60. The molecule has 1 aliphatic rings. The summed E-state index contributed by atoms with van der Waals surface area (Å²) in [5.41, 5.74) is 0.632. The van der Waals surface area contributed by atoms with Crippen LogP contribution in [0, 0.1) is 5.92 Å². The summed E-state index contributed by atoms with van der Waals surface area (Å²) in [6.45, 7) is 1.61. The number of amides is 1. The molecule has 0 spiro atoms. The van der Waals surface area contributed by atoms with E-state index in [9.17, 15) is 13.2 Å². The zero-order chi connectivity index (χ0) is 14.6. The lowest BCUT2D eigenvalue weighted by molar-refractivity contribution is -0.116. The van der Waals surface area contributed by atoms with Gasteiger partial charge < -0.3 is 5.32 Å². The highest BCUT2D eigenvalue weighted by Crippen LogP contribution is 2.21. The molecule has 0 radical (unpaired) electrons. The third-order valence-corrected chi connectivity index (χ3v) is 5.19. The molecule has 0 fully saturated rings. The molecule has 4 nitrogen and oxygen atoms in total. The summed E-state index contributed by atoms with van der Waals surface area (Å²) in [5.74, 6) is 0.370. The lowest BCUT2D eigenvalue weighted by Gasteiger charge is -2.09. The minimum absolute atomic E-state index is 0.0346. The van der Waals surface area contributed by atoms with Crippen molar-refractivity contribution < 1.29 is 13.2 Å². The first-order chi connectivity index (χ1) is 9.51. The van der Waals surface area contributed by atoms with Crippen molar-refractivity contribution in [1.29, 1.82) is 0 Å². The molecular formula is C15H19NO3S. The van der Waals surface area contributed by atoms with Crippen molar-refractivity contribution in [3.8, 4) is 0 Å². The first kappa shape index (κ1) is 14.8. The second-order valence-corrected chi connectivity index (χ2v) is 7.22. The lowest BCUT2D eigenvalue weighted by atomic mass is 10.1. The Hall–Kier alpha value is -1.62. The van der Waals surface area contributed by atoms with Gasteiger partial charge in [0.1, 0.15) is 0 Å². The molecule has 108 valence electrons. The van der Waals surface area contributed by atoms with E-state index in [-0.39, 0.29) is 16.6 Å². The van der Waals surface area contributed by atoms with Crippen LogP contribution in [-0.2, 0) is 14.6 Å². The fraction of sp³-hybridized carbons (Fsp3) is 0.400. The molecule has 1 aromatic carbocycles. The molecule has 0 unspecified atom stereocenters. The Morgan fingerprint density at radius 1 is 1.30 bits per heavy atom. The number of nitrogens with one attached hydrogen (secondary N) is 1. The molecule has 0 saturated carbocycles. The molecule has 1 aliphatic carbocycles. The van der Waals surface area contributed by atoms with Crippen molar-refractivity contribution in [3.05, 3.63) is 36.4 Å². The minimum Gasteiger partial charge on any atom is -0.326 e. The number of benzene rings is 1. The van der Waals surface area contributed by atoms with Crippen LogP contribution in [0.25, 0.3) is 0 Å². The molecule has 1 aromatic rings. The maximum Gasteiger partial charge on any atom is 0.224 e. The zero-order valence-corrected chi connectivity index (χ0v) is 12.3. The van der Waals surface area contributed by atoms with E-state index in [0.717, 1.165) is 12.8 Å². The zero-order valence-electron chi connectivity index (χ0n) is 11.5. The van der Waals surface area contributed by atoms with Gasteiger partial charge in [-0.25, -0.2) is 8.42 Å². The summed E-state index contributed by atoms with van der Waals surface area (Å²) < 4.78 is 23.3. The normalized spacial score (nSPS) is 18.1. The second kappa shape index (κ2) is 6.22. The van der Waals surface area contributed by atoms with Crippen LogP contribution in [0.1, 0.15) is 26.2 Å². The molecule has 0 bridgehead atoms. The summed E-state index contributed by atoms with van der Waals surface area (Å²) >= 11 is 0. The van der Waals surface area contributed by atoms with Crippen LogP contribution >= 0.6 is 0 Å². The number of rotatable bonds is 5. The van der Waals surface area contributed by atoms with Crippen LogP contribution in [0.2, 0.25) is 0 Å². The molecule has 1 atom stereocenters. The molecule has 1 N–H and O–H groups in total. The number of carbonyl (C=O) groups is 1. The molecular weight excluding hydrogens is 274 g/mol. The fourth-order valence-corrected chi connectivity index (χ4v) is 3.11. The number of allylic oxidation sites excluding steroid dienone is 2. The summed E-state index contributed by atoms with van der Waals surface area (Å²) in [5, 5.41) is 2.80. The van der Waals surface area contributed by atoms with E-state index in [1.165, 1.54) is 12.1 Å². The third kappa shape index (κ3) is 3.70. The number of hydrogen-bond acceptors (Lipinski definition) is 3. The summed E-state index contributed by atoms with van der Waals surface area (Å²) in [6.07, 6.45) is 6.73. The Balaban J connectivity index is 1.96. The van der Waals surface area contributed by atoms with Crippen LogP contribution < -0.4 is 5.32 Å². The predicted molar refractivity (Wildman–Crippen MR) is 79.3 cm³/mol. The summed E-state index contributed by atoms with van der Waals surface area (Å²) in [6, 6.07) is 6.32. The highest BCUT2D eigenvalue weighted by Gasteiger charge is 2.15. The molecule has 1 amide bonds. The van der Waals surface area contributed by atoms with Gasteiger partial charge >= 0.3 is 0 Å². The fourth-order valence-electron chi connectivity index (χ4n) is 2.23. The summed E-state index contributed by atoms with van der Waals surface area (Å²) in [7, 11) is -3.18. The van der Waals surface area contributed by atoms with Crippen molar-refractivity contribution in [2.45, 2.75) is 31.1 Å². The van der Waals surface area contributed by atoms with Gasteiger partial charge in [-0.3, -0.25) is 4.79 Å². The van der Waals surface area contributed by atoms with Gasteiger partial charge in [0.15, 0.2) is 9.84 Å². The highest BCUT2D eigenvalue weighted by atomic mass is 32.2. The van der Waals surface area contributed by atoms with Gasteiger partial charge in [-0.15, -0.1) is 0 Å². The van der Waals surface area contributed by atoms with Gasteiger partial charge in [-0.2, -0.15) is 0 Å². The van der Waals surface area contributed by atoms with E-state index in [4.69, 9.17) is 0 Å². The average molecular weight is 293 g/mol. The molecule has 0 aromatic heterocycles. The van der Waals surface area contributed by atoms with Gasteiger partial charge in [0, 0.05) is 12.1 Å². The molecule has 5 heteroatoms. The van der Waals surface area contributed by atoms with Gasteiger partial charge in [-0.05, 0) is 43.0 Å². The van der Waals surface area contributed by atoms with E-state index >= 15 is 0 Å². The van der Waals surface area contributed by atoms with Gasteiger partial charge in [0.05, 0.1) is 10.6 Å². The Bertz CT molecular complexity index is 603. The first-order valence-corrected chi connectivity index (χ1v) is 8.46. The summed E-state index contributed by atoms with van der Waals surface area (Å²) in [4.78, 5) is 12.1. The maximum atomic E-state index is 11.8. The van der Waals surface area contributed by atoms with Crippen LogP contribution in [-0.4, -0.2) is 20.1 Å². The number of carbonyl (C=O) groups excluding carboxylic acids is 1. The van der Waals surface area contributed by atoms with Crippen LogP contribution in [0.4, 0.5) is 5.69 Å². The van der Waals surface area contributed by atoms with Crippen molar-refractivity contribution in [3.63, 3.8) is 0 Å². The second-order valence-electron chi connectivity index (χ2n) is 4.95. The largest absolute Gasteiger partial charge is 0.326 e. The van der Waals surface area contributed by atoms with E-state index in [0.29, 0.717) is 18.0 Å². The van der Waals surface area contributed by atoms with Crippen molar-refractivity contribution in [2.24, 2.45) is 5.92 Å². The Labute approximate surface area is 119 Å². The topological polar surface area (TPSA) is 63.2 Å². The van der Waals surface area contributed by atoms with Crippen molar-refractivity contribution in [1.82, 2.24) is 0 Å². The highest BCUT2D eigenvalue weighted by molar-refractivity contribution is 7.91. The molecule has 20 heavy (non-hydrogen) atoms. The monoisotopic (exact) mass is 293 g/mol. The quantitative estimate of drug-likeness (QED) is 0.849. The minimum atomic E-state index is -3.18. The van der Waals surface area contributed by atoms with E-state index < -0.39 is 9.84 Å². The third-order valence-electron chi connectivity index (χ3n) is 3.44. The Morgan fingerprint density at radius 2 is 2.00 bits per heavy atom. The Morgan fingerprint density at radius 3 is 2.55 bits per heavy atom. The van der Waals surface area contributed by atoms with E-state index in [2.05, 4.69) is 17.5 Å². The average Bonchev–Trinajstić information content (AvgIpc) is 2.92. The molecule has 2 rings (SSSR count). The van der Waals surface area contributed by atoms with Gasteiger partial charge in [0.25, 0.3) is 0 Å². The maximum absolute atomic E-state index is 11.8. The molecule has 0 aliphatic heterocycles. The first-order valence-electron chi connectivity index (χ1n) is 6.80. The van der Waals surface area contributed by atoms with Crippen LogP contribution in [0.15, 0.2) is 41.3 Å². The van der Waals surface area contributed by atoms with E-state index in [1.807, 2.05) is 0 Å². The van der Waals surface area contributed by atoms with Gasteiger partial charge in [-0.1, -0.05) is 19.1 Å². The molecule has 0 saturated heterocycles. The SMILES string of the molecule is CCS(=O)(=O)c1ccc(NC(=O)C[C@H]2C=CCC2)cc1. The van der Waals surface area contributed by atoms with Crippen molar-refractivity contribution >= 4 is 21.4 Å². The predicted octanol–water partition coefficient (Wildman–Crippen LogP) is 2.78. The number of anilines is 1. The smallest absolute Gasteiger partial charge is 0.224 e. The van der Waals surface area contributed by atoms with Crippen molar-refractivity contribution in [2.75, 3.05) is 11.1 Å². The number of sulfone groups is 1. The number of hydrogen-bond donors (Lipinski definition) is 1. The molecule has 0 heterocycles. The van der Waals surface area contributed by atoms with E-state index in [1.54, 1.807) is 19.1 Å². The standard InChI is InChI=1S/C15H19NO3S/c1-2-20(18,19)14-9-7-13(8-10-14)16-15(17)11-12-5-3-4-6-12/h3,5,7-10,12H,2,4,6,11H2,1H3,(H,16,17)/t12-/m0/s1. The van der Waals surface area contributed by atoms with Crippen LogP contribution in [0.3, 0.4) is 0 Å². The lowest BCUT2D eigenvalue weighted by Crippen LogP contribution is -2.14.